The maximum atomic E-state index is 12.2. The fourth-order valence-electron chi connectivity index (χ4n) is 8.11. The maximum Gasteiger partial charge on any atom is 0.105 e. The van der Waals surface area contributed by atoms with Crippen LogP contribution in [0.3, 0.4) is 0 Å². The van der Waals surface area contributed by atoms with E-state index in [2.05, 4.69) is 46.8 Å². The Morgan fingerprint density at radius 2 is 1.62 bits per heavy atom. The summed E-state index contributed by atoms with van der Waals surface area (Å²) in [5, 5.41) is 45.2. The molecule has 0 amide bonds. The summed E-state index contributed by atoms with van der Waals surface area (Å²) in [5.41, 5.74) is -2.40. The Balaban J connectivity index is 1.67. The van der Waals surface area contributed by atoms with Crippen LogP contribution in [0.2, 0.25) is 0 Å². The lowest BCUT2D eigenvalue weighted by Crippen LogP contribution is -2.72. The summed E-state index contributed by atoms with van der Waals surface area (Å²) < 4.78 is 0. The predicted molar refractivity (Wildman–Crippen MR) is 128 cm³/mol. The van der Waals surface area contributed by atoms with Crippen LogP contribution in [-0.4, -0.2) is 43.8 Å². The predicted octanol–water partition coefficient (Wildman–Crippen LogP) is 4.61. The molecule has 10 unspecified atom stereocenters. The molecule has 32 heavy (non-hydrogen) atoms. The Morgan fingerprint density at radius 1 is 0.938 bits per heavy atom. The van der Waals surface area contributed by atoms with Gasteiger partial charge in [0.25, 0.3) is 0 Å². The lowest BCUT2D eigenvalue weighted by molar-refractivity contribution is -0.258. The van der Waals surface area contributed by atoms with Crippen LogP contribution in [0.5, 0.6) is 0 Å². The lowest BCUT2D eigenvalue weighted by atomic mass is 9.43. The van der Waals surface area contributed by atoms with Crippen LogP contribution < -0.4 is 0 Å². The molecule has 0 bridgehead atoms. The van der Waals surface area contributed by atoms with Crippen molar-refractivity contribution in [2.24, 2.45) is 40.4 Å². The quantitative estimate of drug-likeness (QED) is 0.475. The lowest BCUT2D eigenvalue weighted by Gasteiger charge is -2.65. The average Bonchev–Trinajstić information content (AvgIpc) is 3.07. The number of fused-ring (bicyclic) bond motifs is 5. The first-order valence-corrected chi connectivity index (χ1v) is 13.0. The second-order valence-electron chi connectivity index (χ2n) is 12.7. The molecule has 3 saturated carbocycles. The van der Waals surface area contributed by atoms with Crippen molar-refractivity contribution in [1.82, 2.24) is 0 Å². The van der Waals surface area contributed by atoms with Gasteiger partial charge in [0.2, 0.25) is 0 Å². The zero-order valence-corrected chi connectivity index (χ0v) is 21.0. The van der Waals surface area contributed by atoms with E-state index in [9.17, 15) is 20.4 Å². The normalized spacial score (nSPS) is 50.5. The first-order chi connectivity index (χ1) is 14.8. The fourth-order valence-corrected chi connectivity index (χ4v) is 8.11. The Labute approximate surface area is 194 Å². The molecule has 0 saturated heterocycles. The topological polar surface area (TPSA) is 80.9 Å². The van der Waals surface area contributed by atoms with E-state index >= 15 is 0 Å². The van der Waals surface area contributed by atoms with Gasteiger partial charge in [-0.25, -0.2) is 0 Å². The molecular formula is C28H46O4. The van der Waals surface area contributed by atoms with Gasteiger partial charge in [0.15, 0.2) is 0 Å². The van der Waals surface area contributed by atoms with Crippen molar-refractivity contribution in [3.63, 3.8) is 0 Å². The van der Waals surface area contributed by atoms with E-state index in [1.54, 1.807) is 6.08 Å². The smallest absolute Gasteiger partial charge is 0.105 e. The van der Waals surface area contributed by atoms with Crippen LogP contribution >= 0.6 is 0 Å². The number of rotatable bonds is 4. The fraction of sp³-hybridized carbons (Fsp3) is 0.857. The van der Waals surface area contributed by atoms with Crippen molar-refractivity contribution >= 4 is 0 Å². The highest BCUT2D eigenvalue weighted by Crippen LogP contribution is 2.69. The van der Waals surface area contributed by atoms with Crippen LogP contribution in [-0.2, 0) is 0 Å². The summed E-state index contributed by atoms with van der Waals surface area (Å²) in [4.78, 5) is 0. The highest BCUT2D eigenvalue weighted by Gasteiger charge is 2.70. The largest absolute Gasteiger partial charge is 0.393 e. The third-order valence-corrected chi connectivity index (χ3v) is 10.9. The molecule has 4 rings (SSSR count). The minimum absolute atomic E-state index is 0.0859. The number of hydrogen-bond acceptors (Lipinski definition) is 4. The zero-order chi connectivity index (χ0) is 23.7. The van der Waals surface area contributed by atoms with Crippen LogP contribution in [0, 0.1) is 40.4 Å². The molecule has 4 N–H and O–H groups in total. The number of allylic oxidation sites excluding steroid dienone is 2. The summed E-state index contributed by atoms with van der Waals surface area (Å²) in [5.74, 6) is 2.45. The molecule has 4 nitrogen and oxygen atoms in total. The molecule has 4 aliphatic carbocycles. The summed E-state index contributed by atoms with van der Waals surface area (Å²) in [6.07, 6.45) is 9.79. The molecular weight excluding hydrogens is 400 g/mol. The minimum atomic E-state index is -1.49. The molecule has 182 valence electrons. The van der Waals surface area contributed by atoms with Gasteiger partial charge in [-0.3, -0.25) is 0 Å². The van der Waals surface area contributed by atoms with Gasteiger partial charge >= 0.3 is 0 Å². The molecule has 0 heterocycles. The molecule has 0 aromatic carbocycles. The number of hydrogen-bond donors (Lipinski definition) is 4. The second kappa shape index (κ2) is 7.93. The van der Waals surface area contributed by atoms with Gasteiger partial charge in [0.1, 0.15) is 11.7 Å². The standard InChI is InChI=1S/C28H46O4/c1-17(2)18(3)7-8-19(4)21-9-10-22-23-15-24(30)28(32)16-20(29)11-12-26(28,6)27(23,31)14-13-25(21,22)5/h7-8,15,17-22,24,29-32H,9-14,16H2,1-6H3. The van der Waals surface area contributed by atoms with E-state index in [0.29, 0.717) is 42.9 Å². The van der Waals surface area contributed by atoms with E-state index in [1.165, 1.54) is 0 Å². The van der Waals surface area contributed by atoms with E-state index in [1.807, 2.05) is 6.92 Å². The first kappa shape index (κ1) is 24.4. The molecule has 0 aromatic rings. The van der Waals surface area contributed by atoms with Gasteiger partial charge < -0.3 is 20.4 Å². The monoisotopic (exact) mass is 446 g/mol. The second-order valence-corrected chi connectivity index (χ2v) is 12.7. The first-order valence-electron chi connectivity index (χ1n) is 13.0. The SMILES string of the molecule is CC(C)C(C)C=CC(C)C1CCC2C3=CC(O)C4(O)CC(O)CCC4(C)C3(O)CCC21C. The zero-order valence-electron chi connectivity index (χ0n) is 21.0. The molecule has 0 aliphatic heterocycles. The van der Waals surface area contributed by atoms with E-state index in [0.717, 1.165) is 24.8 Å². The molecule has 4 aliphatic rings. The Bertz CT molecular complexity index is 788. The van der Waals surface area contributed by atoms with E-state index < -0.39 is 28.8 Å². The Morgan fingerprint density at radius 3 is 2.28 bits per heavy atom. The van der Waals surface area contributed by atoms with Crippen molar-refractivity contribution < 1.29 is 20.4 Å². The van der Waals surface area contributed by atoms with Gasteiger partial charge in [-0.1, -0.05) is 59.8 Å². The molecule has 10 atom stereocenters. The van der Waals surface area contributed by atoms with Gasteiger partial charge in [-0.05, 0) is 79.1 Å². The van der Waals surface area contributed by atoms with Gasteiger partial charge in [0, 0.05) is 11.8 Å². The van der Waals surface area contributed by atoms with Gasteiger partial charge in [-0.15, -0.1) is 0 Å². The summed E-state index contributed by atoms with van der Waals surface area (Å²) in [6.45, 7) is 13.5. The van der Waals surface area contributed by atoms with Crippen molar-refractivity contribution in [3.05, 3.63) is 23.8 Å². The molecule has 0 radical (unpaired) electrons. The molecule has 0 aromatic heterocycles. The third kappa shape index (κ3) is 3.23. The average molecular weight is 447 g/mol. The highest BCUT2D eigenvalue weighted by molar-refractivity contribution is 5.40. The van der Waals surface area contributed by atoms with Crippen molar-refractivity contribution in [1.29, 1.82) is 0 Å². The number of aliphatic hydroxyl groups excluding tert-OH is 2. The maximum absolute atomic E-state index is 12.2. The van der Waals surface area contributed by atoms with Crippen molar-refractivity contribution in [2.75, 3.05) is 0 Å². The van der Waals surface area contributed by atoms with Gasteiger partial charge in [-0.2, -0.15) is 0 Å². The Hall–Kier alpha value is -0.680. The summed E-state index contributed by atoms with van der Waals surface area (Å²) in [6, 6.07) is 0. The van der Waals surface area contributed by atoms with E-state index in [-0.39, 0.29) is 17.8 Å². The van der Waals surface area contributed by atoms with Crippen LogP contribution in [0.1, 0.15) is 86.5 Å². The Kier molecular flexibility index (Phi) is 6.06. The number of aliphatic hydroxyl groups is 4. The van der Waals surface area contributed by atoms with Gasteiger partial charge in [0.05, 0.1) is 11.7 Å². The van der Waals surface area contributed by atoms with Crippen molar-refractivity contribution in [2.45, 2.75) is 110 Å². The molecule has 3 fully saturated rings. The molecule has 4 heteroatoms. The minimum Gasteiger partial charge on any atom is -0.393 e. The summed E-state index contributed by atoms with van der Waals surface area (Å²) >= 11 is 0. The van der Waals surface area contributed by atoms with Crippen LogP contribution in [0.25, 0.3) is 0 Å². The highest BCUT2D eigenvalue weighted by atomic mass is 16.4. The third-order valence-electron chi connectivity index (χ3n) is 10.9. The van der Waals surface area contributed by atoms with Crippen LogP contribution in [0.4, 0.5) is 0 Å². The van der Waals surface area contributed by atoms with Crippen molar-refractivity contribution in [3.8, 4) is 0 Å². The van der Waals surface area contributed by atoms with E-state index in [4.69, 9.17) is 0 Å². The molecule has 0 spiro atoms. The summed E-state index contributed by atoms with van der Waals surface area (Å²) in [7, 11) is 0. The van der Waals surface area contributed by atoms with Crippen LogP contribution in [0.15, 0.2) is 23.8 Å².